The summed E-state index contributed by atoms with van der Waals surface area (Å²) in [4.78, 5) is 22.1. The van der Waals surface area contributed by atoms with Crippen LogP contribution < -0.4 is 10.2 Å². The molecule has 1 atom stereocenters. The zero-order valence-electron chi connectivity index (χ0n) is 12.1. The first kappa shape index (κ1) is 15.6. The molecule has 0 radical (unpaired) electrons. The largest absolute Gasteiger partial charge is 0.359 e. The molecule has 1 N–H and O–H groups in total. The van der Waals surface area contributed by atoms with Crippen molar-refractivity contribution in [3.05, 3.63) is 18.5 Å². The van der Waals surface area contributed by atoms with Crippen LogP contribution in [0.4, 0.5) is 5.95 Å². The van der Waals surface area contributed by atoms with Gasteiger partial charge >= 0.3 is 0 Å². The molecule has 0 unspecified atom stereocenters. The molecule has 9 heteroatoms. The maximum absolute atomic E-state index is 12.0. The molecule has 1 aliphatic heterocycles. The summed E-state index contributed by atoms with van der Waals surface area (Å²) < 4.78 is 24.9. The van der Waals surface area contributed by atoms with Gasteiger partial charge in [0.15, 0.2) is 0 Å². The quantitative estimate of drug-likeness (QED) is 0.763. The number of carbonyl (C=O) groups excluding carboxylic acids is 1. The SMILES string of the molecule is CNC(=O)[C@@H]1CN(c2ncccn2)CCN(S(C)(=O)=O)C1. The summed E-state index contributed by atoms with van der Waals surface area (Å²) in [5.74, 6) is -0.149. The van der Waals surface area contributed by atoms with Crippen LogP contribution in [0.15, 0.2) is 18.5 Å². The highest BCUT2D eigenvalue weighted by Gasteiger charge is 2.31. The van der Waals surface area contributed by atoms with Crippen LogP contribution in [-0.2, 0) is 14.8 Å². The highest BCUT2D eigenvalue weighted by molar-refractivity contribution is 7.88. The Morgan fingerprint density at radius 3 is 2.52 bits per heavy atom. The van der Waals surface area contributed by atoms with Gasteiger partial charge in [0.25, 0.3) is 0 Å². The fourth-order valence-corrected chi connectivity index (χ4v) is 3.16. The van der Waals surface area contributed by atoms with Crippen LogP contribution in [0.2, 0.25) is 0 Å². The van der Waals surface area contributed by atoms with Gasteiger partial charge < -0.3 is 10.2 Å². The Morgan fingerprint density at radius 1 is 1.29 bits per heavy atom. The number of anilines is 1. The van der Waals surface area contributed by atoms with Crippen LogP contribution >= 0.6 is 0 Å². The molecular formula is C12H19N5O3S. The molecule has 2 heterocycles. The molecule has 1 aromatic rings. The number of nitrogens with one attached hydrogen (secondary N) is 1. The first-order valence-corrected chi connectivity index (χ1v) is 8.45. The van der Waals surface area contributed by atoms with Crippen molar-refractivity contribution in [2.24, 2.45) is 5.92 Å². The molecule has 21 heavy (non-hydrogen) atoms. The molecule has 2 rings (SSSR count). The first-order chi connectivity index (χ1) is 9.91. The van der Waals surface area contributed by atoms with E-state index in [4.69, 9.17) is 0 Å². The lowest BCUT2D eigenvalue weighted by molar-refractivity contribution is -0.124. The van der Waals surface area contributed by atoms with Crippen molar-refractivity contribution in [2.75, 3.05) is 44.4 Å². The van der Waals surface area contributed by atoms with E-state index in [1.54, 1.807) is 25.5 Å². The second-order valence-electron chi connectivity index (χ2n) is 4.93. The number of hydrogen-bond acceptors (Lipinski definition) is 6. The predicted octanol–water partition coefficient (Wildman–Crippen LogP) is -1.08. The Balaban J connectivity index is 2.26. The van der Waals surface area contributed by atoms with Crippen LogP contribution in [0.5, 0.6) is 0 Å². The highest BCUT2D eigenvalue weighted by Crippen LogP contribution is 2.16. The van der Waals surface area contributed by atoms with Crippen molar-refractivity contribution < 1.29 is 13.2 Å². The van der Waals surface area contributed by atoms with Gasteiger partial charge in [0, 0.05) is 45.6 Å². The van der Waals surface area contributed by atoms with Gasteiger partial charge in [-0.2, -0.15) is 4.31 Å². The standard InChI is InChI=1S/C12H19N5O3S/c1-13-11(18)10-8-16(12-14-4-3-5-15-12)6-7-17(9-10)21(2,19)20/h3-5,10H,6-9H2,1-2H3,(H,13,18)/t10-/m1/s1. The number of amides is 1. The van der Waals surface area contributed by atoms with Crippen molar-refractivity contribution >= 4 is 21.9 Å². The molecular weight excluding hydrogens is 294 g/mol. The predicted molar refractivity (Wildman–Crippen MR) is 78.2 cm³/mol. The molecule has 0 aromatic carbocycles. The third-order valence-electron chi connectivity index (χ3n) is 3.41. The van der Waals surface area contributed by atoms with Crippen molar-refractivity contribution in [3.8, 4) is 0 Å². The minimum Gasteiger partial charge on any atom is -0.359 e. The van der Waals surface area contributed by atoms with E-state index in [-0.39, 0.29) is 12.5 Å². The van der Waals surface area contributed by atoms with Crippen molar-refractivity contribution in [1.29, 1.82) is 0 Å². The molecule has 0 saturated carbocycles. The Labute approximate surface area is 124 Å². The van der Waals surface area contributed by atoms with Crippen molar-refractivity contribution in [1.82, 2.24) is 19.6 Å². The second kappa shape index (κ2) is 6.35. The van der Waals surface area contributed by atoms with Gasteiger partial charge in [-0.1, -0.05) is 0 Å². The van der Waals surface area contributed by atoms with Gasteiger partial charge in [0.2, 0.25) is 21.9 Å². The third-order valence-corrected chi connectivity index (χ3v) is 4.67. The van der Waals surface area contributed by atoms with Crippen LogP contribution in [0.3, 0.4) is 0 Å². The number of aromatic nitrogens is 2. The number of carbonyl (C=O) groups is 1. The number of sulfonamides is 1. The summed E-state index contributed by atoms with van der Waals surface area (Å²) in [6.45, 7) is 1.31. The second-order valence-corrected chi connectivity index (χ2v) is 6.91. The molecule has 0 bridgehead atoms. The topological polar surface area (TPSA) is 95.5 Å². The molecule has 8 nitrogen and oxygen atoms in total. The highest BCUT2D eigenvalue weighted by atomic mass is 32.2. The molecule has 1 amide bonds. The van der Waals surface area contributed by atoms with Crippen LogP contribution in [0.1, 0.15) is 0 Å². The first-order valence-electron chi connectivity index (χ1n) is 6.60. The van der Waals surface area contributed by atoms with Gasteiger partial charge in [-0.05, 0) is 6.07 Å². The van der Waals surface area contributed by atoms with Crippen molar-refractivity contribution in [3.63, 3.8) is 0 Å². The summed E-state index contributed by atoms with van der Waals surface area (Å²) in [5, 5.41) is 2.58. The van der Waals surface area contributed by atoms with Crippen LogP contribution in [0, 0.1) is 5.92 Å². The average molecular weight is 313 g/mol. The molecule has 0 aliphatic carbocycles. The fourth-order valence-electron chi connectivity index (χ4n) is 2.29. The van der Waals surface area contributed by atoms with Crippen LogP contribution in [0.25, 0.3) is 0 Å². The lowest BCUT2D eigenvalue weighted by Gasteiger charge is -2.22. The lowest BCUT2D eigenvalue weighted by atomic mass is 10.1. The van der Waals surface area contributed by atoms with Gasteiger partial charge in [-0.25, -0.2) is 18.4 Å². The summed E-state index contributed by atoms with van der Waals surface area (Å²) in [7, 11) is -1.80. The van der Waals surface area contributed by atoms with Crippen molar-refractivity contribution in [2.45, 2.75) is 0 Å². The molecule has 1 saturated heterocycles. The monoisotopic (exact) mass is 313 g/mol. The van der Waals surface area contributed by atoms with E-state index in [0.29, 0.717) is 25.6 Å². The molecule has 116 valence electrons. The maximum Gasteiger partial charge on any atom is 0.225 e. The third kappa shape index (κ3) is 3.88. The number of rotatable bonds is 3. The zero-order chi connectivity index (χ0) is 15.5. The van der Waals surface area contributed by atoms with Gasteiger partial charge in [-0.15, -0.1) is 0 Å². The minimum atomic E-state index is -3.34. The molecule has 1 fully saturated rings. The maximum atomic E-state index is 12.0. The summed E-state index contributed by atoms with van der Waals surface area (Å²) in [6.07, 6.45) is 4.40. The van der Waals surface area contributed by atoms with E-state index in [2.05, 4.69) is 15.3 Å². The van der Waals surface area contributed by atoms with E-state index >= 15 is 0 Å². The minimum absolute atomic E-state index is 0.168. The Hall–Kier alpha value is -1.74. The van der Waals surface area contributed by atoms with Crippen LogP contribution in [-0.4, -0.2) is 68.1 Å². The summed E-state index contributed by atoms with van der Waals surface area (Å²) in [5.41, 5.74) is 0. The van der Waals surface area contributed by atoms with E-state index < -0.39 is 15.9 Å². The smallest absolute Gasteiger partial charge is 0.225 e. The Morgan fingerprint density at radius 2 is 1.95 bits per heavy atom. The number of nitrogens with zero attached hydrogens (tertiary/aromatic N) is 4. The summed E-state index contributed by atoms with van der Waals surface area (Å²) in [6, 6.07) is 1.71. The fraction of sp³-hybridized carbons (Fsp3) is 0.583. The average Bonchev–Trinajstić information content (AvgIpc) is 2.70. The van der Waals surface area contributed by atoms with E-state index in [1.165, 1.54) is 4.31 Å². The van der Waals surface area contributed by atoms with Gasteiger partial charge in [0.05, 0.1) is 12.2 Å². The molecule has 0 spiro atoms. The zero-order valence-corrected chi connectivity index (χ0v) is 12.9. The Bertz CT molecular complexity index is 592. The number of hydrogen-bond donors (Lipinski definition) is 1. The molecule has 1 aromatic heterocycles. The summed E-state index contributed by atoms with van der Waals surface area (Å²) >= 11 is 0. The van der Waals surface area contributed by atoms with Gasteiger partial charge in [0.1, 0.15) is 0 Å². The van der Waals surface area contributed by atoms with E-state index in [0.717, 1.165) is 6.26 Å². The van der Waals surface area contributed by atoms with E-state index in [1.807, 2.05) is 4.90 Å². The Kier molecular flexibility index (Phi) is 4.73. The van der Waals surface area contributed by atoms with E-state index in [9.17, 15) is 13.2 Å². The normalized spacial score (nSPS) is 20.9. The van der Waals surface area contributed by atoms with Gasteiger partial charge in [-0.3, -0.25) is 4.79 Å². The molecule has 1 aliphatic rings. The lowest BCUT2D eigenvalue weighted by Crippen LogP contribution is -2.41.